The molecule has 0 atom stereocenters. The van der Waals surface area contributed by atoms with Gasteiger partial charge in [-0.3, -0.25) is 0 Å². The van der Waals surface area contributed by atoms with Crippen molar-refractivity contribution in [3.63, 3.8) is 0 Å². The molecule has 0 amide bonds. The first kappa shape index (κ1) is 11.6. The number of nitrogens with zero attached hydrogens (tertiary/aromatic N) is 5. The van der Waals surface area contributed by atoms with Gasteiger partial charge in [-0.15, -0.1) is 0 Å². The van der Waals surface area contributed by atoms with Gasteiger partial charge < -0.3 is 0 Å². The molecule has 0 unspecified atom stereocenters. The van der Waals surface area contributed by atoms with Crippen LogP contribution in [0, 0.1) is 17.1 Å². The zero-order chi connectivity index (χ0) is 13.4. The largest absolute Gasteiger partial charge is 0.224 e. The van der Waals surface area contributed by atoms with Crippen LogP contribution >= 0.6 is 11.6 Å². The van der Waals surface area contributed by atoms with Crippen molar-refractivity contribution in [1.29, 1.82) is 5.26 Å². The summed E-state index contributed by atoms with van der Waals surface area (Å²) in [4.78, 5) is 7.92. The van der Waals surface area contributed by atoms with E-state index in [0.29, 0.717) is 16.7 Å². The Kier molecular flexibility index (Phi) is 2.62. The minimum absolute atomic E-state index is 0.166. The molecule has 0 spiro atoms. The molecule has 1 aromatic carbocycles. The minimum atomic E-state index is -0.482. The van der Waals surface area contributed by atoms with Gasteiger partial charge in [0.05, 0.1) is 22.8 Å². The summed E-state index contributed by atoms with van der Waals surface area (Å²) in [6, 6.07) is 5.80. The summed E-state index contributed by atoms with van der Waals surface area (Å²) in [6.07, 6.45) is 2.81. The van der Waals surface area contributed by atoms with Gasteiger partial charge in [-0.05, 0) is 18.2 Å². The second-order valence-corrected chi connectivity index (χ2v) is 4.09. The van der Waals surface area contributed by atoms with Gasteiger partial charge in [0.25, 0.3) is 0 Å². The van der Waals surface area contributed by atoms with Crippen LogP contribution in [0.3, 0.4) is 0 Å². The molecule has 0 fully saturated rings. The van der Waals surface area contributed by atoms with Gasteiger partial charge in [-0.25, -0.2) is 19.0 Å². The van der Waals surface area contributed by atoms with E-state index in [2.05, 4.69) is 15.1 Å². The van der Waals surface area contributed by atoms with E-state index < -0.39 is 5.82 Å². The first-order chi connectivity index (χ1) is 9.20. The quantitative estimate of drug-likeness (QED) is 0.639. The molecule has 2 aromatic heterocycles. The Morgan fingerprint density at radius 1 is 1.32 bits per heavy atom. The molecule has 0 saturated heterocycles. The lowest BCUT2D eigenvalue weighted by Crippen LogP contribution is -2.01. The van der Waals surface area contributed by atoms with E-state index in [1.54, 1.807) is 0 Å². The van der Waals surface area contributed by atoms with Gasteiger partial charge in [0.1, 0.15) is 23.4 Å². The van der Waals surface area contributed by atoms with Gasteiger partial charge in [0.15, 0.2) is 5.65 Å². The van der Waals surface area contributed by atoms with Crippen molar-refractivity contribution in [3.05, 3.63) is 47.3 Å². The molecule has 19 heavy (non-hydrogen) atoms. The highest BCUT2D eigenvalue weighted by Gasteiger charge is 2.13. The summed E-state index contributed by atoms with van der Waals surface area (Å²) in [5.74, 6) is -0.482. The first-order valence-electron chi connectivity index (χ1n) is 5.25. The number of benzene rings is 1. The highest BCUT2D eigenvalue weighted by atomic mass is 35.5. The van der Waals surface area contributed by atoms with E-state index in [-0.39, 0.29) is 10.7 Å². The third-order valence-corrected chi connectivity index (χ3v) is 2.93. The number of hydrogen-bond donors (Lipinski definition) is 0. The molecule has 0 aliphatic heterocycles. The van der Waals surface area contributed by atoms with E-state index in [1.165, 1.54) is 29.3 Å². The van der Waals surface area contributed by atoms with Gasteiger partial charge >= 0.3 is 0 Å². The molecule has 0 aliphatic carbocycles. The van der Waals surface area contributed by atoms with Crippen molar-refractivity contribution in [2.75, 3.05) is 0 Å². The number of nitriles is 1. The van der Waals surface area contributed by atoms with Gasteiger partial charge in [0, 0.05) is 0 Å². The number of aromatic nitrogens is 4. The predicted molar refractivity (Wildman–Crippen MR) is 66.3 cm³/mol. The molecule has 0 radical (unpaired) electrons. The smallest absolute Gasteiger partial charge is 0.167 e. The average Bonchev–Trinajstić information content (AvgIpc) is 2.84. The van der Waals surface area contributed by atoms with Crippen molar-refractivity contribution in [3.8, 4) is 11.8 Å². The first-order valence-corrected chi connectivity index (χ1v) is 5.63. The SMILES string of the molecule is N#Cc1cc(F)ccc1-n1ncc2c(Cl)ncnc21. The fourth-order valence-corrected chi connectivity index (χ4v) is 1.95. The van der Waals surface area contributed by atoms with Crippen molar-refractivity contribution >= 4 is 22.6 Å². The Bertz CT molecular complexity index is 821. The molecule has 7 heteroatoms. The monoisotopic (exact) mass is 273 g/mol. The Balaban J connectivity index is 2.32. The third-order valence-electron chi connectivity index (χ3n) is 2.62. The van der Waals surface area contributed by atoms with Gasteiger partial charge in [-0.1, -0.05) is 11.6 Å². The molecule has 0 aliphatic rings. The Morgan fingerprint density at radius 2 is 2.16 bits per heavy atom. The van der Waals surface area contributed by atoms with Crippen LogP contribution in [0.1, 0.15) is 5.56 Å². The molecule has 2 heterocycles. The summed E-state index contributed by atoms with van der Waals surface area (Å²) < 4.78 is 14.6. The number of rotatable bonds is 1. The lowest BCUT2D eigenvalue weighted by Gasteiger charge is -2.05. The van der Waals surface area contributed by atoms with Crippen LogP contribution < -0.4 is 0 Å². The van der Waals surface area contributed by atoms with Crippen LogP contribution in [-0.2, 0) is 0 Å². The van der Waals surface area contributed by atoms with E-state index in [4.69, 9.17) is 16.9 Å². The van der Waals surface area contributed by atoms with Crippen LogP contribution in [0.25, 0.3) is 16.7 Å². The molecule has 0 N–H and O–H groups in total. The van der Waals surface area contributed by atoms with Crippen LogP contribution in [0.15, 0.2) is 30.7 Å². The number of halogens is 2. The zero-order valence-electron chi connectivity index (χ0n) is 9.38. The van der Waals surface area contributed by atoms with Gasteiger partial charge in [-0.2, -0.15) is 10.4 Å². The highest BCUT2D eigenvalue weighted by molar-refractivity contribution is 6.33. The molecular weight excluding hydrogens is 269 g/mol. The lowest BCUT2D eigenvalue weighted by atomic mass is 10.2. The molecule has 5 nitrogen and oxygen atoms in total. The van der Waals surface area contributed by atoms with E-state index in [9.17, 15) is 4.39 Å². The zero-order valence-corrected chi connectivity index (χ0v) is 10.1. The fraction of sp³-hybridized carbons (Fsp3) is 0. The van der Waals surface area contributed by atoms with Crippen molar-refractivity contribution in [2.45, 2.75) is 0 Å². The summed E-state index contributed by atoms with van der Waals surface area (Å²) in [5, 5.41) is 14.0. The average molecular weight is 274 g/mol. The molecule has 0 saturated carbocycles. The topological polar surface area (TPSA) is 67.4 Å². The maximum Gasteiger partial charge on any atom is 0.167 e. The molecule has 3 aromatic rings. The molecule has 92 valence electrons. The van der Waals surface area contributed by atoms with Crippen molar-refractivity contribution in [1.82, 2.24) is 19.7 Å². The Labute approximate surface area is 111 Å². The van der Waals surface area contributed by atoms with Crippen LogP contribution in [0.2, 0.25) is 5.15 Å². The minimum Gasteiger partial charge on any atom is -0.224 e. The fourth-order valence-electron chi connectivity index (χ4n) is 1.77. The van der Waals surface area contributed by atoms with Gasteiger partial charge in [0.2, 0.25) is 0 Å². The summed E-state index contributed by atoms with van der Waals surface area (Å²) in [6.45, 7) is 0. The molecule has 3 rings (SSSR count). The third kappa shape index (κ3) is 1.80. The highest BCUT2D eigenvalue weighted by Crippen LogP contribution is 2.23. The lowest BCUT2D eigenvalue weighted by molar-refractivity contribution is 0.626. The molecular formula is C12H5ClFN5. The van der Waals surface area contributed by atoms with Crippen LogP contribution in [0.5, 0.6) is 0 Å². The van der Waals surface area contributed by atoms with E-state index in [1.807, 2.05) is 6.07 Å². The number of hydrogen-bond acceptors (Lipinski definition) is 4. The standard InChI is InChI=1S/C12H5ClFN5/c13-11-9-5-18-19(12(9)17-6-16-11)10-2-1-8(14)3-7(10)4-15/h1-3,5-6H. The maximum absolute atomic E-state index is 13.1. The second-order valence-electron chi connectivity index (χ2n) is 3.73. The molecule has 0 bridgehead atoms. The predicted octanol–water partition coefficient (Wildman–Crippen LogP) is 2.48. The summed E-state index contributed by atoms with van der Waals surface area (Å²) >= 11 is 5.93. The summed E-state index contributed by atoms with van der Waals surface area (Å²) in [7, 11) is 0. The number of fused-ring (bicyclic) bond motifs is 1. The van der Waals surface area contributed by atoms with E-state index in [0.717, 1.165) is 6.07 Å². The van der Waals surface area contributed by atoms with Crippen molar-refractivity contribution in [2.24, 2.45) is 0 Å². The van der Waals surface area contributed by atoms with Crippen LogP contribution in [-0.4, -0.2) is 19.7 Å². The summed E-state index contributed by atoms with van der Waals surface area (Å²) in [5.41, 5.74) is 1.07. The Hall–Kier alpha value is -2.52. The second kappa shape index (κ2) is 4.30. The Morgan fingerprint density at radius 3 is 2.95 bits per heavy atom. The van der Waals surface area contributed by atoms with E-state index >= 15 is 0 Å². The normalized spacial score (nSPS) is 10.6. The maximum atomic E-state index is 13.1. The van der Waals surface area contributed by atoms with Crippen LogP contribution in [0.4, 0.5) is 4.39 Å². The van der Waals surface area contributed by atoms with Crippen molar-refractivity contribution < 1.29 is 4.39 Å².